The normalized spacial score (nSPS) is 26.7. The summed E-state index contributed by atoms with van der Waals surface area (Å²) in [4.78, 5) is 13.7. The van der Waals surface area contributed by atoms with Crippen molar-refractivity contribution >= 4 is 18.5 Å². The molecule has 3 aliphatic rings. The molecule has 3 rings (SSSR count). The maximum absolute atomic E-state index is 11.8. The summed E-state index contributed by atoms with van der Waals surface area (Å²) in [6.07, 6.45) is 2.45. The first-order chi connectivity index (χ1) is 7.82. The molecule has 1 aliphatic carbocycles. The zero-order chi connectivity index (χ0) is 12.3. The molecule has 2 saturated heterocycles. The first kappa shape index (κ1) is 13.9. The quantitative estimate of drug-likeness (QED) is 0.735. The maximum Gasteiger partial charge on any atom is 0.410 e. The highest BCUT2D eigenvalue weighted by atomic mass is 35.5. The summed E-state index contributed by atoms with van der Waals surface area (Å²) >= 11 is 0. The van der Waals surface area contributed by atoms with E-state index in [0.717, 1.165) is 13.1 Å². The zero-order valence-electron chi connectivity index (χ0n) is 11.4. The van der Waals surface area contributed by atoms with Crippen LogP contribution in [0.4, 0.5) is 4.79 Å². The van der Waals surface area contributed by atoms with Gasteiger partial charge in [-0.3, -0.25) is 0 Å². The number of carbonyl (C=O) groups is 1. The first-order valence-corrected chi connectivity index (χ1v) is 6.50. The fourth-order valence-electron chi connectivity index (χ4n) is 3.71. The van der Waals surface area contributed by atoms with E-state index in [1.165, 1.54) is 25.9 Å². The van der Waals surface area contributed by atoms with Crippen LogP contribution in [0.5, 0.6) is 0 Å². The SMILES string of the molecule is CC(C)(C)OC(=O)N1CC2(C1)CC1(CNC1)C2.Cl. The Labute approximate surface area is 115 Å². The van der Waals surface area contributed by atoms with Gasteiger partial charge in [0.2, 0.25) is 0 Å². The zero-order valence-corrected chi connectivity index (χ0v) is 12.2. The molecule has 2 spiro atoms. The van der Waals surface area contributed by atoms with Gasteiger partial charge in [-0.1, -0.05) is 0 Å². The van der Waals surface area contributed by atoms with E-state index in [2.05, 4.69) is 5.32 Å². The summed E-state index contributed by atoms with van der Waals surface area (Å²) in [5, 5.41) is 3.35. The maximum atomic E-state index is 11.8. The Balaban J connectivity index is 0.00000120. The highest BCUT2D eigenvalue weighted by Crippen LogP contribution is 2.60. The summed E-state index contributed by atoms with van der Waals surface area (Å²) in [5.41, 5.74) is 0.664. The van der Waals surface area contributed by atoms with Gasteiger partial charge in [0.25, 0.3) is 0 Å². The monoisotopic (exact) mass is 274 g/mol. The van der Waals surface area contributed by atoms with E-state index in [0.29, 0.717) is 10.8 Å². The molecule has 4 nitrogen and oxygen atoms in total. The van der Waals surface area contributed by atoms with Gasteiger partial charge < -0.3 is 15.0 Å². The molecule has 0 aromatic rings. The fourth-order valence-corrected chi connectivity index (χ4v) is 3.71. The van der Waals surface area contributed by atoms with Gasteiger partial charge >= 0.3 is 6.09 Å². The van der Waals surface area contributed by atoms with Crippen LogP contribution in [0.3, 0.4) is 0 Å². The molecule has 0 aromatic heterocycles. The minimum Gasteiger partial charge on any atom is -0.444 e. The Bertz CT molecular complexity index is 344. The van der Waals surface area contributed by atoms with Crippen molar-refractivity contribution < 1.29 is 9.53 Å². The van der Waals surface area contributed by atoms with Crippen LogP contribution in [0, 0.1) is 10.8 Å². The van der Waals surface area contributed by atoms with Gasteiger partial charge in [-0.15, -0.1) is 12.4 Å². The Kier molecular flexibility index (Phi) is 3.10. The third-order valence-electron chi connectivity index (χ3n) is 4.20. The van der Waals surface area contributed by atoms with Crippen LogP contribution < -0.4 is 5.32 Å². The number of hydrogen-bond acceptors (Lipinski definition) is 3. The number of likely N-dealkylation sites (tertiary alicyclic amines) is 1. The van der Waals surface area contributed by atoms with Crippen molar-refractivity contribution in [2.45, 2.75) is 39.2 Å². The number of nitrogens with zero attached hydrogens (tertiary/aromatic N) is 1. The smallest absolute Gasteiger partial charge is 0.410 e. The number of hydrogen-bond donors (Lipinski definition) is 1. The lowest BCUT2D eigenvalue weighted by atomic mass is 9.47. The second-order valence-electron chi connectivity index (χ2n) is 7.29. The van der Waals surface area contributed by atoms with E-state index in [4.69, 9.17) is 4.74 Å². The van der Waals surface area contributed by atoms with Crippen LogP contribution in [0.15, 0.2) is 0 Å². The molecule has 2 heterocycles. The Morgan fingerprint density at radius 3 is 2.11 bits per heavy atom. The summed E-state index contributed by atoms with van der Waals surface area (Å²) in [5.74, 6) is 0. The topological polar surface area (TPSA) is 41.6 Å². The van der Waals surface area contributed by atoms with Gasteiger partial charge in [-0.05, 0) is 39.0 Å². The molecular formula is C13H23ClN2O2. The molecule has 5 heteroatoms. The summed E-state index contributed by atoms with van der Waals surface area (Å²) in [7, 11) is 0. The van der Waals surface area contributed by atoms with Crippen molar-refractivity contribution in [1.82, 2.24) is 10.2 Å². The van der Waals surface area contributed by atoms with Crippen molar-refractivity contribution in [3.05, 3.63) is 0 Å². The third-order valence-corrected chi connectivity index (χ3v) is 4.20. The average molecular weight is 275 g/mol. The second-order valence-corrected chi connectivity index (χ2v) is 7.29. The van der Waals surface area contributed by atoms with E-state index in [1.807, 2.05) is 25.7 Å². The van der Waals surface area contributed by atoms with Gasteiger partial charge in [-0.2, -0.15) is 0 Å². The highest BCUT2D eigenvalue weighted by molar-refractivity contribution is 5.85. The minimum absolute atomic E-state index is 0. The van der Waals surface area contributed by atoms with E-state index < -0.39 is 0 Å². The summed E-state index contributed by atoms with van der Waals surface area (Å²) in [6, 6.07) is 0. The lowest BCUT2D eigenvalue weighted by Gasteiger charge is -2.67. The molecule has 0 aromatic carbocycles. The van der Waals surface area contributed by atoms with Crippen molar-refractivity contribution in [3.8, 4) is 0 Å². The van der Waals surface area contributed by atoms with Crippen molar-refractivity contribution in [3.63, 3.8) is 0 Å². The number of rotatable bonds is 0. The highest BCUT2D eigenvalue weighted by Gasteiger charge is 2.62. The van der Waals surface area contributed by atoms with Crippen molar-refractivity contribution in [2.24, 2.45) is 10.8 Å². The summed E-state index contributed by atoms with van der Waals surface area (Å²) < 4.78 is 5.37. The van der Waals surface area contributed by atoms with E-state index in [9.17, 15) is 4.79 Å². The lowest BCUT2D eigenvalue weighted by molar-refractivity contribution is -0.156. The van der Waals surface area contributed by atoms with E-state index >= 15 is 0 Å². The van der Waals surface area contributed by atoms with Crippen LogP contribution in [0.2, 0.25) is 0 Å². The first-order valence-electron chi connectivity index (χ1n) is 6.50. The molecule has 104 valence electrons. The molecule has 0 unspecified atom stereocenters. The van der Waals surface area contributed by atoms with Crippen LogP contribution >= 0.6 is 12.4 Å². The molecule has 1 saturated carbocycles. The molecule has 2 aliphatic heterocycles. The largest absolute Gasteiger partial charge is 0.444 e. The van der Waals surface area contributed by atoms with Crippen LogP contribution in [0.25, 0.3) is 0 Å². The van der Waals surface area contributed by atoms with Gasteiger partial charge in [-0.25, -0.2) is 4.79 Å². The van der Waals surface area contributed by atoms with Crippen molar-refractivity contribution in [1.29, 1.82) is 0 Å². The number of ether oxygens (including phenoxy) is 1. The number of nitrogens with one attached hydrogen (secondary N) is 1. The predicted octanol–water partition coefficient (Wildman–Crippen LogP) is 2.03. The standard InChI is InChI=1S/C13H22N2O2.ClH/c1-11(2,3)17-10(16)15-8-13(9-15)4-12(5-13)6-14-7-12;/h14H,4-9H2,1-3H3;1H. The Hall–Kier alpha value is -0.480. The average Bonchev–Trinajstić information content (AvgIpc) is 1.91. The van der Waals surface area contributed by atoms with Gasteiger partial charge in [0.1, 0.15) is 5.60 Å². The van der Waals surface area contributed by atoms with Gasteiger partial charge in [0.05, 0.1) is 0 Å². The molecular weight excluding hydrogens is 252 g/mol. The van der Waals surface area contributed by atoms with Crippen LogP contribution in [-0.2, 0) is 4.74 Å². The van der Waals surface area contributed by atoms with Crippen molar-refractivity contribution in [2.75, 3.05) is 26.2 Å². The molecule has 1 amide bonds. The second kappa shape index (κ2) is 4.01. The Morgan fingerprint density at radius 2 is 1.72 bits per heavy atom. The number of amides is 1. The van der Waals surface area contributed by atoms with E-state index in [1.54, 1.807) is 0 Å². The molecule has 0 radical (unpaired) electrons. The van der Waals surface area contributed by atoms with Gasteiger partial charge in [0.15, 0.2) is 0 Å². The fraction of sp³-hybridized carbons (Fsp3) is 0.923. The molecule has 18 heavy (non-hydrogen) atoms. The Morgan fingerprint density at radius 1 is 1.17 bits per heavy atom. The van der Waals surface area contributed by atoms with Crippen LogP contribution in [-0.4, -0.2) is 42.8 Å². The third kappa shape index (κ3) is 2.21. The number of halogens is 1. The molecule has 0 bridgehead atoms. The molecule has 1 N–H and O–H groups in total. The molecule has 0 atom stereocenters. The predicted molar refractivity (Wildman–Crippen MR) is 72.0 cm³/mol. The van der Waals surface area contributed by atoms with Gasteiger partial charge in [0, 0.05) is 31.6 Å². The minimum atomic E-state index is -0.376. The van der Waals surface area contributed by atoms with Crippen LogP contribution in [0.1, 0.15) is 33.6 Å². The molecule has 3 fully saturated rings. The van der Waals surface area contributed by atoms with E-state index in [-0.39, 0.29) is 24.1 Å². The number of carbonyl (C=O) groups excluding carboxylic acids is 1. The lowest BCUT2D eigenvalue weighted by Crippen LogP contribution is -2.73. The summed E-state index contributed by atoms with van der Waals surface area (Å²) in [6.45, 7) is 9.92.